The number of H-pyrrole nitrogens is 1. The Hall–Kier alpha value is -4.25. The lowest BCUT2D eigenvalue weighted by Gasteiger charge is -2.33. The summed E-state index contributed by atoms with van der Waals surface area (Å²) in [5.41, 5.74) is 4.91. The third-order valence-corrected chi connectivity index (χ3v) is 7.47. The lowest BCUT2D eigenvalue weighted by molar-refractivity contribution is -0.159. The molecule has 1 fully saturated rings. The quantitative estimate of drug-likeness (QED) is 0.263. The Morgan fingerprint density at radius 3 is 2.52 bits per heavy atom. The maximum atomic E-state index is 9.10. The number of ether oxygens (including phenoxy) is 1. The number of pyridine rings is 1. The highest BCUT2D eigenvalue weighted by Gasteiger charge is 2.22. The van der Waals surface area contributed by atoms with E-state index in [1.165, 1.54) is 60.8 Å². The maximum Gasteiger partial charge on any atom is 0.414 e. The first kappa shape index (κ1) is 28.8. The molecule has 3 aromatic heterocycles. The Balaban J connectivity index is 0.000000557. The van der Waals surface area contributed by atoms with Crippen molar-refractivity contribution in [2.75, 3.05) is 26.7 Å². The van der Waals surface area contributed by atoms with Crippen molar-refractivity contribution in [3.8, 4) is 11.6 Å². The van der Waals surface area contributed by atoms with E-state index in [1.54, 1.807) is 26.0 Å². The number of aromatic amines is 1. The fraction of sp³-hybridized carbons (Fsp3) is 0.414. The number of rotatable bonds is 9. The van der Waals surface area contributed by atoms with E-state index in [1.807, 2.05) is 10.6 Å². The zero-order valence-electron chi connectivity index (χ0n) is 22.9. The van der Waals surface area contributed by atoms with Gasteiger partial charge in [-0.25, -0.2) is 14.6 Å². The molecule has 11 heteroatoms. The van der Waals surface area contributed by atoms with E-state index >= 15 is 0 Å². The van der Waals surface area contributed by atoms with Crippen LogP contribution < -0.4 is 4.74 Å². The molecule has 11 nitrogen and oxygen atoms in total. The smallest absolute Gasteiger partial charge is 0.414 e. The summed E-state index contributed by atoms with van der Waals surface area (Å²) in [5, 5.41) is 23.9. The van der Waals surface area contributed by atoms with Gasteiger partial charge in [0.05, 0.1) is 7.11 Å². The number of nitrogens with one attached hydrogen (secondary N) is 1. The third-order valence-electron chi connectivity index (χ3n) is 7.47. The Morgan fingerprint density at radius 2 is 1.85 bits per heavy atom. The number of methoxy groups -OCH3 is 1. The summed E-state index contributed by atoms with van der Waals surface area (Å²) in [7, 11) is 1.70. The minimum atomic E-state index is -1.82. The summed E-state index contributed by atoms with van der Waals surface area (Å²) in [5.74, 6) is -1.64. The Labute approximate surface area is 232 Å². The number of carbonyl (C=O) groups is 2. The van der Waals surface area contributed by atoms with Gasteiger partial charge in [-0.2, -0.15) is 0 Å². The molecule has 0 aliphatic carbocycles. The maximum absolute atomic E-state index is 9.10. The van der Waals surface area contributed by atoms with Crippen molar-refractivity contribution in [2.24, 2.45) is 5.92 Å². The number of hydrogen-bond acceptors (Lipinski definition) is 7. The number of aryl methyl sites for hydroxylation is 1. The Kier molecular flexibility index (Phi) is 9.85. The topological polar surface area (TPSA) is 146 Å². The molecular weight excluding hydrogens is 512 g/mol. The molecule has 0 bridgehead atoms. The molecule has 0 radical (unpaired) electrons. The molecule has 4 aromatic rings. The number of piperidine rings is 1. The van der Waals surface area contributed by atoms with Crippen molar-refractivity contribution < 1.29 is 24.5 Å². The summed E-state index contributed by atoms with van der Waals surface area (Å²) >= 11 is 0. The molecule has 4 heterocycles. The van der Waals surface area contributed by atoms with Crippen LogP contribution >= 0.6 is 0 Å². The second kappa shape index (κ2) is 13.7. The van der Waals surface area contributed by atoms with Gasteiger partial charge in [0.1, 0.15) is 12.7 Å². The van der Waals surface area contributed by atoms with E-state index in [0.717, 1.165) is 30.5 Å². The number of nitrogens with zero attached hydrogens (tertiary/aromatic N) is 5. The van der Waals surface area contributed by atoms with Gasteiger partial charge in [0.2, 0.25) is 5.88 Å². The van der Waals surface area contributed by atoms with Crippen molar-refractivity contribution in [1.29, 1.82) is 0 Å². The fourth-order valence-electron chi connectivity index (χ4n) is 5.34. The van der Waals surface area contributed by atoms with Crippen LogP contribution in [0.3, 0.4) is 0 Å². The molecule has 0 saturated carbocycles. The minimum Gasteiger partial charge on any atom is -0.481 e. The number of likely N-dealkylation sites (tertiary alicyclic amines) is 1. The van der Waals surface area contributed by atoms with Crippen LogP contribution in [0.4, 0.5) is 0 Å². The lowest BCUT2D eigenvalue weighted by Crippen LogP contribution is -2.36. The van der Waals surface area contributed by atoms with Crippen LogP contribution in [-0.4, -0.2) is 78.5 Å². The summed E-state index contributed by atoms with van der Waals surface area (Å²) < 4.78 is 7.41. The average Bonchev–Trinajstić information content (AvgIpc) is 3.65. The average molecular weight is 549 g/mol. The van der Waals surface area contributed by atoms with Crippen molar-refractivity contribution in [2.45, 2.75) is 44.9 Å². The fourth-order valence-corrected chi connectivity index (χ4v) is 5.34. The largest absolute Gasteiger partial charge is 0.481 e. The predicted molar refractivity (Wildman–Crippen MR) is 150 cm³/mol. The molecule has 1 aliphatic rings. The number of aliphatic carboxylic acids is 2. The van der Waals surface area contributed by atoms with E-state index in [9.17, 15) is 0 Å². The summed E-state index contributed by atoms with van der Waals surface area (Å²) in [6, 6.07) is 10.6. The Morgan fingerprint density at radius 1 is 1.12 bits per heavy atom. The van der Waals surface area contributed by atoms with Crippen LogP contribution in [-0.2, 0) is 16.0 Å². The molecule has 1 aromatic carbocycles. The molecule has 1 atom stereocenters. The van der Waals surface area contributed by atoms with Crippen molar-refractivity contribution >= 4 is 22.8 Å². The molecule has 5 rings (SSSR count). The predicted octanol–water partition coefficient (Wildman–Crippen LogP) is 4.15. The second-order valence-corrected chi connectivity index (χ2v) is 10.2. The molecular formula is C29H36N6O5. The number of carboxylic acid groups (broad SMARTS) is 2. The summed E-state index contributed by atoms with van der Waals surface area (Å²) in [6.45, 7) is 5.72. The standard InChI is InChI=1S/C27H34N6O.C2H2O4/c1-20(24-7-4-12-28-27(24)34-2)17-32-13-10-21(11-14-32)5-3-6-22-16-29-26-9-8-23(15-25(22)26)33-18-30-31-19-33;3-1(4)2(5)6/h4,7-9,12,15-16,18-21,29H,3,5-6,10-11,13-14,17H2,1-2H3;(H,3,4)(H,5,6). The molecule has 1 saturated heterocycles. The van der Waals surface area contributed by atoms with Gasteiger partial charge >= 0.3 is 11.9 Å². The van der Waals surface area contributed by atoms with Crippen LogP contribution in [0.5, 0.6) is 5.88 Å². The summed E-state index contributed by atoms with van der Waals surface area (Å²) in [4.78, 5) is 28.6. The van der Waals surface area contributed by atoms with Crippen molar-refractivity contribution in [3.05, 3.63) is 66.5 Å². The van der Waals surface area contributed by atoms with Gasteiger partial charge in [0, 0.05) is 41.1 Å². The monoisotopic (exact) mass is 548 g/mol. The molecule has 0 amide bonds. The van der Waals surface area contributed by atoms with Gasteiger partial charge in [0.15, 0.2) is 0 Å². The van der Waals surface area contributed by atoms with Crippen molar-refractivity contribution in [1.82, 2.24) is 29.6 Å². The molecule has 1 unspecified atom stereocenters. The van der Waals surface area contributed by atoms with E-state index in [-0.39, 0.29) is 0 Å². The minimum absolute atomic E-state index is 0.421. The second-order valence-electron chi connectivity index (χ2n) is 10.2. The lowest BCUT2D eigenvalue weighted by atomic mass is 9.90. The summed E-state index contributed by atoms with van der Waals surface area (Å²) in [6.07, 6.45) is 13.7. The number of benzene rings is 1. The number of fused-ring (bicyclic) bond motifs is 1. The third kappa shape index (κ3) is 7.44. The Bertz CT molecular complexity index is 1380. The van der Waals surface area contributed by atoms with Gasteiger partial charge in [-0.1, -0.05) is 19.4 Å². The van der Waals surface area contributed by atoms with Crippen LogP contribution in [0.1, 0.15) is 49.7 Å². The van der Waals surface area contributed by atoms with E-state index < -0.39 is 11.9 Å². The molecule has 40 heavy (non-hydrogen) atoms. The van der Waals surface area contributed by atoms with Crippen molar-refractivity contribution in [3.63, 3.8) is 0 Å². The highest BCUT2D eigenvalue weighted by atomic mass is 16.5. The van der Waals surface area contributed by atoms with E-state index in [0.29, 0.717) is 5.92 Å². The highest BCUT2D eigenvalue weighted by Crippen LogP contribution is 2.29. The first-order valence-corrected chi connectivity index (χ1v) is 13.5. The number of hydrogen-bond donors (Lipinski definition) is 3. The van der Waals surface area contributed by atoms with Crippen LogP contribution in [0, 0.1) is 5.92 Å². The van der Waals surface area contributed by atoms with Gasteiger partial charge in [0.25, 0.3) is 0 Å². The first-order chi connectivity index (χ1) is 19.4. The van der Waals surface area contributed by atoms with Crippen LogP contribution in [0.2, 0.25) is 0 Å². The normalized spacial score (nSPS) is 14.8. The molecule has 3 N–H and O–H groups in total. The zero-order valence-corrected chi connectivity index (χ0v) is 22.9. The van der Waals surface area contributed by atoms with Gasteiger partial charge < -0.3 is 24.8 Å². The van der Waals surface area contributed by atoms with Gasteiger partial charge in [-0.05, 0) is 80.4 Å². The number of carboxylic acids is 2. The van der Waals surface area contributed by atoms with Gasteiger partial charge in [-0.15, -0.1) is 10.2 Å². The van der Waals surface area contributed by atoms with E-state index in [2.05, 4.69) is 62.5 Å². The van der Waals surface area contributed by atoms with Crippen LogP contribution in [0.15, 0.2) is 55.4 Å². The highest BCUT2D eigenvalue weighted by molar-refractivity contribution is 6.27. The molecule has 1 aliphatic heterocycles. The van der Waals surface area contributed by atoms with Gasteiger partial charge in [-0.3, -0.25) is 4.57 Å². The first-order valence-electron chi connectivity index (χ1n) is 13.5. The van der Waals surface area contributed by atoms with E-state index in [4.69, 9.17) is 24.5 Å². The zero-order chi connectivity index (χ0) is 28.5. The molecule has 212 valence electrons. The van der Waals surface area contributed by atoms with Crippen LogP contribution in [0.25, 0.3) is 16.6 Å². The number of aromatic nitrogens is 5. The SMILES string of the molecule is COc1ncccc1C(C)CN1CCC(CCCc2c[nH]c3ccc(-n4cnnc4)cc23)CC1.O=C(O)C(=O)O. The molecule has 0 spiro atoms.